The molecule has 2 rings (SSSR count). The third-order valence-corrected chi connectivity index (χ3v) is 4.67. The van der Waals surface area contributed by atoms with Gasteiger partial charge in [-0.1, -0.05) is 24.3 Å². The topological polar surface area (TPSA) is 66.5 Å². The summed E-state index contributed by atoms with van der Waals surface area (Å²) in [5, 5.41) is 0. The van der Waals surface area contributed by atoms with Crippen molar-refractivity contribution in [1.29, 1.82) is 0 Å². The van der Waals surface area contributed by atoms with E-state index in [0.717, 1.165) is 12.8 Å². The first-order valence-corrected chi connectivity index (χ1v) is 8.07. The van der Waals surface area contributed by atoms with Crippen molar-refractivity contribution in [2.24, 2.45) is 0 Å². The van der Waals surface area contributed by atoms with E-state index >= 15 is 0 Å². The lowest BCUT2D eigenvalue weighted by Crippen LogP contribution is -2.44. The molecular weight excluding hydrogens is 276 g/mol. The van der Waals surface area contributed by atoms with E-state index in [1.165, 1.54) is 4.31 Å². The van der Waals surface area contributed by atoms with E-state index in [1.807, 2.05) is 6.07 Å². The zero-order valence-electron chi connectivity index (χ0n) is 11.4. The Kier molecular flexibility index (Phi) is 4.44. The van der Waals surface area contributed by atoms with Gasteiger partial charge in [-0.15, -0.1) is 0 Å². The fourth-order valence-electron chi connectivity index (χ4n) is 2.20. The molecule has 0 heterocycles. The van der Waals surface area contributed by atoms with Crippen LogP contribution in [0.5, 0.6) is 0 Å². The molecule has 0 unspecified atom stereocenters. The van der Waals surface area contributed by atoms with Gasteiger partial charge in [0.15, 0.2) is 0 Å². The van der Waals surface area contributed by atoms with Gasteiger partial charge >= 0.3 is 10.2 Å². The lowest BCUT2D eigenvalue weighted by molar-refractivity contribution is -0.115. The molecule has 1 aromatic rings. The molecule has 0 saturated heterocycles. The van der Waals surface area contributed by atoms with Gasteiger partial charge in [-0.05, 0) is 38.3 Å². The molecule has 0 aromatic heterocycles. The van der Waals surface area contributed by atoms with Crippen molar-refractivity contribution in [1.82, 2.24) is 4.72 Å². The Morgan fingerprint density at radius 3 is 2.55 bits per heavy atom. The van der Waals surface area contributed by atoms with Crippen LogP contribution in [0.25, 0.3) is 0 Å². The molecule has 0 radical (unpaired) electrons. The molecule has 5 nitrogen and oxygen atoms in total. The van der Waals surface area contributed by atoms with Crippen molar-refractivity contribution >= 4 is 21.8 Å². The van der Waals surface area contributed by atoms with E-state index in [-0.39, 0.29) is 6.54 Å². The van der Waals surface area contributed by atoms with E-state index in [2.05, 4.69) is 4.72 Å². The Morgan fingerprint density at radius 2 is 2.00 bits per heavy atom. The largest absolute Gasteiger partial charge is 0.326 e. The average Bonchev–Trinajstić information content (AvgIpc) is 2.94. The van der Waals surface area contributed by atoms with Crippen LogP contribution in [-0.4, -0.2) is 20.9 Å². The predicted molar refractivity (Wildman–Crippen MR) is 78.5 cm³/mol. The number of benzene rings is 1. The van der Waals surface area contributed by atoms with Crippen molar-refractivity contribution in [3.05, 3.63) is 42.0 Å². The molecule has 0 fully saturated rings. The average molecular weight is 294 g/mol. The summed E-state index contributed by atoms with van der Waals surface area (Å²) in [7, 11) is -3.87. The minimum absolute atomic E-state index is 0.256. The molecule has 1 aliphatic carbocycles. The highest BCUT2D eigenvalue weighted by molar-refractivity contribution is 7.91. The van der Waals surface area contributed by atoms with E-state index < -0.39 is 16.1 Å². The second-order valence-corrected chi connectivity index (χ2v) is 6.15. The highest BCUT2D eigenvalue weighted by atomic mass is 32.2. The van der Waals surface area contributed by atoms with Crippen LogP contribution in [0.1, 0.15) is 26.2 Å². The monoisotopic (exact) mass is 294 g/mol. The highest BCUT2D eigenvalue weighted by Crippen LogP contribution is 2.19. The van der Waals surface area contributed by atoms with Gasteiger partial charge in [-0.3, -0.25) is 9.10 Å². The number of rotatable bonds is 5. The molecule has 0 aliphatic heterocycles. The zero-order chi connectivity index (χ0) is 14.6. The van der Waals surface area contributed by atoms with Crippen molar-refractivity contribution < 1.29 is 13.2 Å². The number of carbonyl (C=O) groups is 1. The predicted octanol–water partition coefficient (Wildman–Crippen LogP) is 1.98. The van der Waals surface area contributed by atoms with Gasteiger partial charge in [0.25, 0.3) is 5.91 Å². The van der Waals surface area contributed by atoms with Crippen LogP contribution in [0.2, 0.25) is 0 Å². The van der Waals surface area contributed by atoms with Crippen molar-refractivity contribution in [3.8, 4) is 0 Å². The summed E-state index contributed by atoms with van der Waals surface area (Å²) in [5.74, 6) is -0.517. The Morgan fingerprint density at radius 1 is 1.30 bits per heavy atom. The van der Waals surface area contributed by atoms with Crippen LogP contribution >= 0.6 is 0 Å². The third-order valence-electron chi connectivity index (χ3n) is 3.18. The first-order chi connectivity index (χ1) is 9.54. The quantitative estimate of drug-likeness (QED) is 0.903. The molecule has 6 heteroatoms. The Bertz CT molecular complexity index is 609. The summed E-state index contributed by atoms with van der Waals surface area (Å²) in [6.07, 6.45) is 4.17. The van der Waals surface area contributed by atoms with Gasteiger partial charge in [-0.2, -0.15) is 8.42 Å². The van der Waals surface area contributed by atoms with Gasteiger partial charge in [-0.25, -0.2) is 4.72 Å². The Hall–Kier alpha value is -1.82. The second kappa shape index (κ2) is 6.09. The SMILES string of the molecule is CCN(c1ccccc1)S(=O)(=O)NC(=O)C1=CCCC1. The number of para-hydroxylation sites is 1. The van der Waals surface area contributed by atoms with Crippen molar-refractivity contribution in [2.45, 2.75) is 26.2 Å². The van der Waals surface area contributed by atoms with Gasteiger partial charge in [0.05, 0.1) is 5.69 Å². The molecule has 1 aromatic carbocycles. The number of hydrogen-bond donors (Lipinski definition) is 1. The third kappa shape index (κ3) is 3.19. The fraction of sp³-hybridized carbons (Fsp3) is 0.357. The van der Waals surface area contributed by atoms with E-state index in [4.69, 9.17) is 0 Å². The number of carbonyl (C=O) groups excluding carboxylic acids is 1. The molecule has 0 saturated carbocycles. The summed E-state index contributed by atoms with van der Waals surface area (Å²) in [4.78, 5) is 11.9. The van der Waals surface area contributed by atoms with E-state index in [0.29, 0.717) is 17.7 Å². The maximum atomic E-state index is 12.3. The van der Waals surface area contributed by atoms with Crippen molar-refractivity contribution in [3.63, 3.8) is 0 Å². The van der Waals surface area contributed by atoms with E-state index in [1.54, 1.807) is 37.3 Å². The minimum Gasteiger partial charge on any atom is -0.269 e. The zero-order valence-corrected chi connectivity index (χ0v) is 12.2. The number of hydrogen-bond acceptors (Lipinski definition) is 3. The van der Waals surface area contributed by atoms with Crippen molar-refractivity contribution in [2.75, 3.05) is 10.8 Å². The molecule has 20 heavy (non-hydrogen) atoms. The van der Waals surface area contributed by atoms with Crippen LogP contribution in [0.3, 0.4) is 0 Å². The smallest absolute Gasteiger partial charge is 0.269 e. The second-order valence-electron chi connectivity index (χ2n) is 4.56. The van der Waals surface area contributed by atoms with Crippen LogP contribution in [-0.2, 0) is 15.0 Å². The standard InChI is InChI=1S/C14H18N2O3S/c1-2-16(13-10-4-3-5-11-13)20(18,19)15-14(17)12-8-6-7-9-12/h3-5,8,10-11H,2,6-7,9H2,1H3,(H,15,17). The fourth-order valence-corrected chi connectivity index (χ4v) is 3.42. The van der Waals surface area contributed by atoms with Crippen LogP contribution in [0.15, 0.2) is 42.0 Å². The molecule has 1 amide bonds. The maximum absolute atomic E-state index is 12.3. The summed E-state index contributed by atoms with van der Waals surface area (Å²) in [6, 6.07) is 8.72. The molecule has 0 bridgehead atoms. The van der Waals surface area contributed by atoms with Crippen LogP contribution in [0, 0.1) is 0 Å². The molecule has 1 aliphatic rings. The highest BCUT2D eigenvalue weighted by Gasteiger charge is 2.25. The molecule has 108 valence electrons. The summed E-state index contributed by atoms with van der Waals surface area (Å²) in [5.41, 5.74) is 1.09. The lowest BCUT2D eigenvalue weighted by Gasteiger charge is -2.22. The molecule has 1 N–H and O–H groups in total. The van der Waals surface area contributed by atoms with E-state index in [9.17, 15) is 13.2 Å². The van der Waals surface area contributed by atoms with Crippen LogP contribution in [0.4, 0.5) is 5.69 Å². The minimum atomic E-state index is -3.87. The first-order valence-electron chi connectivity index (χ1n) is 6.63. The first kappa shape index (κ1) is 14.6. The van der Waals surface area contributed by atoms with Gasteiger partial charge in [0, 0.05) is 12.1 Å². The summed E-state index contributed by atoms with van der Waals surface area (Å²) in [6.45, 7) is 1.98. The Balaban J connectivity index is 2.18. The number of anilines is 1. The Labute approximate surface area is 119 Å². The van der Waals surface area contributed by atoms with Gasteiger partial charge < -0.3 is 0 Å². The summed E-state index contributed by atoms with van der Waals surface area (Å²) < 4.78 is 27.9. The molecule has 0 atom stereocenters. The number of nitrogens with zero attached hydrogens (tertiary/aromatic N) is 1. The lowest BCUT2D eigenvalue weighted by atomic mass is 10.2. The number of nitrogens with one attached hydrogen (secondary N) is 1. The maximum Gasteiger partial charge on any atom is 0.326 e. The number of amides is 1. The normalized spacial score (nSPS) is 14.8. The number of allylic oxidation sites excluding steroid dienone is 1. The van der Waals surface area contributed by atoms with Crippen LogP contribution < -0.4 is 9.03 Å². The van der Waals surface area contributed by atoms with Gasteiger partial charge in [0.2, 0.25) is 0 Å². The molecule has 0 spiro atoms. The van der Waals surface area contributed by atoms with Gasteiger partial charge in [0.1, 0.15) is 0 Å². The summed E-state index contributed by atoms with van der Waals surface area (Å²) >= 11 is 0. The molecular formula is C14H18N2O3S.